The lowest BCUT2D eigenvalue weighted by molar-refractivity contribution is -0.149. The molecule has 1 N–H and O–H groups in total. The number of carbonyl (C=O) groups excluding carboxylic acids is 3. The summed E-state index contributed by atoms with van der Waals surface area (Å²) < 4.78 is 31.8. The summed E-state index contributed by atoms with van der Waals surface area (Å²) >= 11 is 7.27. The van der Waals surface area contributed by atoms with Crippen molar-refractivity contribution in [2.45, 2.75) is 70.0 Å². The summed E-state index contributed by atoms with van der Waals surface area (Å²) in [7, 11) is 0. The Morgan fingerprint density at radius 1 is 1.17 bits per heavy atom. The first kappa shape index (κ1) is 31.3. The number of ether oxygens (including phenoxy) is 2. The number of fused-ring (bicyclic) bond motifs is 1. The molecule has 1 aliphatic heterocycles. The van der Waals surface area contributed by atoms with Crippen molar-refractivity contribution in [3.63, 3.8) is 0 Å². The highest BCUT2D eigenvalue weighted by atomic mass is 35.5. The number of amides is 2. The van der Waals surface area contributed by atoms with Gasteiger partial charge >= 0.3 is 12.1 Å². The van der Waals surface area contributed by atoms with Crippen molar-refractivity contribution >= 4 is 47.0 Å². The van der Waals surface area contributed by atoms with Gasteiger partial charge < -0.3 is 24.1 Å². The fourth-order valence-corrected chi connectivity index (χ4v) is 5.26. The Morgan fingerprint density at radius 3 is 2.50 bits per heavy atom. The van der Waals surface area contributed by atoms with Crippen LogP contribution in [0.15, 0.2) is 45.7 Å². The maximum atomic E-state index is 15.5. The van der Waals surface area contributed by atoms with Crippen LogP contribution in [0.3, 0.4) is 0 Å². The minimum atomic E-state index is -1.27. The van der Waals surface area contributed by atoms with E-state index < -0.39 is 40.8 Å². The molecule has 10 nitrogen and oxygen atoms in total. The number of nitrogens with one attached hydrogen (secondary N) is 1. The first-order chi connectivity index (χ1) is 19.7. The van der Waals surface area contributed by atoms with E-state index in [1.54, 1.807) is 65.8 Å². The highest BCUT2D eigenvalue weighted by molar-refractivity contribution is 7.99. The number of benzene rings is 2. The van der Waals surface area contributed by atoms with Crippen LogP contribution in [0.25, 0.3) is 11.5 Å². The maximum Gasteiger partial charge on any atom is 0.408 e. The Kier molecular flexibility index (Phi) is 9.17. The van der Waals surface area contributed by atoms with Gasteiger partial charge in [0.1, 0.15) is 22.9 Å². The van der Waals surface area contributed by atoms with Crippen LogP contribution in [0.1, 0.15) is 53.0 Å². The van der Waals surface area contributed by atoms with Crippen LogP contribution in [-0.4, -0.2) is 52.2 Å². The molecule has 0 spiro atoms. The van der Waals surface area contributed by atoms with E-state index in [2.05, 4.69) is 15.5 Å². The summed E-state index contributed by atoms with van der Waals surface area (Å²) in [5, 5.41) is 11.2. The smallest absolute Gasteiger partial charge is 0.408 e. The molecule has 1 aromatic heterocycles. The van der Waals surface area contributed by atoms with E-state index >= 15 is 4.39 Å². The molecule has 224 valence electrons. The molecule has 4 rings (SSSR count). The minimum absolute atomic E-state index is 0.0459. The molecule has 13 heteroatoms. The summed E-state index contributed by atoms with van der Waals surface area (Å²) in [4.78, 5) is 40.9. The Morgan fingerprint density at radius 2 is 1.86 bits per heavy atom. The van der Waals surface area contributed by atoms with Gasteiger partial charge in [-0.05, 0) is 71.4 Å². The van der Waals surface area contributed by atoms with E-state index in [1.807, 2.05) is 0 Å². The highest BCUT2D eigenvalue weighted by Gasteiger charge is 2.38. The molecular weight excluding hydrogens is 587 g/mol. The van der Waals surface area contributed by atoms with Crippen LogP contribution in [0.5, 0.6) is 0 Å². The lowest BCUT2D eigenvalue weighted by atomic mass is 9.94. The van der Waals surface area contributed by atoms with Crippen molar-refractivity contribution in [1.82, 2.24) is 15.5 Å². The van der Waals surface area contributed by atoms with Crippen LogP contribution < -0.4 is 10.2 Å². The second-order valence-electron chi connectivity index (χ2n) is 11.1. The normalized spacial score (nSPS) is 15.6. The third kappa shape index (κ3) is 7.04. The summed E-state index contributed by atoms with van der Waals surface area (Å²) in [6, 6.07) is 8.73. The van der Waals surface area contributed by atoms with E-state index in [0.29, 0.717) is 15.6 Å². The van der Waals surface area contributed by atoms with E-state index in [-0.39, 0.29) is 36.2 Å². The zero-order valence-corrected chi connectivity index (χ0v) is 25.7. The SMILES string of the molecule is CCOC(=O)C(C)(C)c1nnc(-c2cc3c(cc2F)SC[C@H](NC(=O)OC(C)(C)C)C(=O)N3Cc2ccc(Cl)cc2)o1. The summed E-state index contributed by atoms with van der Waals surface area (Å²) in [5.74, 6) is -1.73. The maximum absolute atomic E-state index is 15.5. The number of anilines is 1. The zero-order valence-electron chi connectivity index (χ0n) is 24.1. The molecule has 1 atom stereocenters. The number of hydrogen-bond acceptors (Lipinski definition) is 9. The van der Waals surface area contributed by atoms with Crippen molar-refractivity contribution in [1.29, 1.82) is 0 Å². The number of aromatic nitrogens is 2. The summed E-state index contributed by atoms with van der Waals surface area (Å²) in [5.41, 5.74) is -0.950. The summed E-state index contributed by atoms with van der Waals surface area (Å²) in [6.07, 6.45) is -0.742. The van der Waals surface area contributed by atoms with Crippen molar-refractivity contribution in [3.05, 3.63) is 58.7 Å². The molecule has 0 fully saturated rings. The van der Waals surface area contributed by atoms with E-state index in [1.165, 1.54) is 28.8 Å². The Hall–Kier alpha value is -3.64. The van der Waals surface area contributed by atoms with Gasteiger partial charge in [-0.1, -0.05) is 23.7 Å². The van der Waals surface area contributed by atoms with Crippen LogP contribution in [0, 0.1) is 5.82 Å². The monoisotopic (exact) mass is 618 g/mol. The topological polar surface area (TPSA) is 124 Å². The third-order valence-corrected chi connectivity index (χ3v) is 7.62. The number of rotatable bonds is 7. The number of halogens is 2. The van der Waals surface area contributed by atoms with Crippen molar-refractivity contribution in [2.75, 3.05) is 17.3 Å². The summed E-state index contributed by atoms with van der Waals surface area (Å²) in [6.45, 7) is 10.3. The molecule has 0 saturated carbocycles. The van der Waals surface area contributed by atoms with Gasteiger partial charge in [-0.25, -0.2) is 9.18 Å². The Labute approximate surface area is 252 Å². The Balaban J connectivity index is 1.74. The van der Waals surface area contributed by atoms with Gasteiger partial charge in [-0.2, -0.15) is 0 Å². The Bertz CT molecular complexity index is 1490. The number of carbonyl (C=O) groups is 3. The fourth-order valence-electron chi connectivity index (χ4n) is 4.06. The number of nitrogens with zero attached hydrogens (tertiary/aromatic N) is 3. The number of thioether (sulfide) groups is 1. The van der Waals surface area contributed by atoms with Crippen LogP contribution in [-0.2, 0) is 31.0 Å². The average Bonchev–Trinajstić information content (AvgIpc) is 3.37. The third-order valence-electron chi connectivity index (χ3n) is 6.23. The van der Waals surface area contributed by atoms with E-state index in [9.17, 15) is 14.4 Å². The van der Waals surface area contributed by atoms with Gasteiger partial charge in [0.15, 0.2) is 0 Å². The lowest BCUT2D eigenvalue weighted by Crippen LogP contribution is -2.50. The minimum Gasteiger partial charge on any atom is -0.465 e. The molecule has 0 unspecified atom stereocenters. The van der Waals surface area contributed by atoms with Gasteiger partial charge in [-0.3, -0.25) is 9.59 Å². The molecule has 2 amide bonds. The van der Waals surface area contributed by atoms with Crippen molar-refractivity contribution in [2.24, 2.45) is 0 Å². The fraction of sp³-hybridized carbons (Fsp3) is 0.414. The quantitative estimate of drug-likeness (QED) is 0.322. The lowest BCUT2D eigenvalue weighted by Gasteiger charge is -2.27. The van der Waals surface area contributed by atoms with Crippen molar-refractivity contribution < 1.29 is 32.7 Å². The van der Waals surface area contributed by atoms with Crippen LogP contribution in [0.4, 0.5) is 14.9 Å². The highest BCUT2D eigenvalue weighted by Crippen LogP contribution is 2.40. The van der Waals surface area contributed by atoms with Gasteiger partial charge in [0, 0.05) is 15.7 Å². The molecule has 2 heterocycles. The first-order valence-electron chi connectivity index (χ1n) is 13.2. The molecule has 42 heavy (non-hydrogen) atoms. The molecule has 0 radical (unpaired) electrons. The zero-order chi connectivity index (χ0) is 30.8. The van der Waals surface area contributed by atoms with Gasteiger partial charge in [-0.15, -0.1) is 22.0 Å². The predicted octanol–water partition coefficient (Wildman–Crippen LogP) is 5.90. The second-order valence-corrected chi connectivity index (χ2v) is 12.6. The van der Waals surface area contributed by atoms with E-state index in [4.69, 9.17) is 25.5 Å². The van der Waals surface area contributed by atoms with Gasteiger partial charge in [0.2, 0.25) is 5.89 Å². The van der Waals surface area contributed by atoms with Crippen LogP contribution >= 0.6 is 23.4 Å². The van der Waals surface area contributed by atoms with Gasteiger partial charge in [0.05, 0.1) is 24.4 Å². The molecule has 2 aromatic carbocycles. The predicted molar refractivity (Wildman–Crippen MR) is 156 cm³/mol. The average molecular weight is 619 g/mol. The molecule has 0 bridgehead atoms. The first-order valence-corrected chi connectivity index (χ1v) is 14.6. The molecule has 1 aliphatic rings. The standard InChI is InChI=1S/C29H32ClFN4O6S/c1-7-39-26(37)29(5,6)25-34-33-23(40-25)18-12-21-22(13-19(18)31)42-15-20(32-27(38)41-28(2,3)4)24(36)35(21)14-16-8-10-17(30)11-9-16/h8-13,20H,7,14-15H2,1-6H3,(H,32,38)/t20-/m0/s1. The van der Waals surface area contributed by atoms with Gasteiger partial charge in [0.25, 0.3) is 11.8 Å². The molecule has 0 saturated heterocycles. The number of hydrogen-bond donors (Lipinski definition) is 1. The number of esters is 1. The van der Waals surface area contributed by atoms with Crippen molar-refractivity contribution in [3.8, 4) is 11.5 Å². The molecule has 0 aliphatic carbocycles. The van der Waals surface area contributed by atoms with Crippen LogP contribution in [0.2, 0.25) is 5.02 Å². The number of alkyl carbamates (subject to hydrolysis) is 1. The second kappa shape index (κ2) is 12.3. The molecule has 3 aromatic rings. The van der Waals surface area contributed by atoms with E-state index in [0.717, 1.165) is 5.56 Å². The largest absolute Gasteiger partial charge is 0.465 e. The molecular formula is C29H32ClFN4O6S.